The number of hydrogen-bond acceptors (Lipinski definition) is 10. The third-order valence-electron chi connectivity index (χ3n) is 6.53. The van der Waals surface area contributed by atoms with Gasteiger partial charge in [0, 0.05) is 10.9 Å². The topological polar surface area (TPSA) is 159 Å². The Labute approximate surface area is 220 Å². The normalized spacial score (nSPS) is 22.9. The second kappa shape index (κ2) is 9.67. The summed E-state index contributed by atoms with van der Waals surface area (Å²) in [5.41, 5.74) is 8.34. The molecule has 1 fully saturated rings. The molecule has 37 heavy (non-hydrogen) atoms. The van der Waals surface area contributed by atoms with Crippen molar-refractivity contribution in [1.82, 2.24) is 19.9 Å². The van der Waals surface area contributed by atoms with Crippen molar-refractivity contribution in [2.45, 2.75) is 42.9 Å². The summed E-state index contributed by atoms with van der Waals surface area (Å²) in [7, 11) is 1.88. The van der Waals surface area contributed by atoms with Gasteiger partial charge in [-0.3, -0.25) is 14.5 Å². The zero-order valence-corrected chi connectivity index (χ0v) is 21.8. The fraction of sp³-hybridized carbons (Fsp3) is 0.391. The maximum atomic E-state index is 13.2. The molecule has 0 saturated carbocycles. The fourth-order valence-corrected chi connectivity index (χ4v) is 6.87. The number of carboxylic acids is 1. The summed E-state index contributed by atoms with van der Waals surface area (Å²) in [6.45, 7) is 5.48. The van der Waals surface area contributed by atoms with E-state index in [9.17, 15) is 19.5 Å². The molecule has 2 aromatic heterocycles. The smallest absolute Gasteiger partial charge is 0.276 e. The second-order valence-electron chi connectivity index (χ2n) is 8.77. The maximum absolute atomic E-state index is 13.2. The number of aliphatic carboxylic acids is 1. The van der Waals surface area contributed by atoms with Gasteiger partial charge in [0.15, 0.2) is 10.8 Å². The van der Waals surface area contributed by atoms with Gasteiger partial charge in [-0.25, -0.2) is 4.98 Å². The minimum Gasteiger partial charge on any atom is -0.543 e. The molecular weight excluding hydrogens is 518 g/mol. The molecule has 2 aromatic rings. The van der Waals surface area contributed by atoms with Crippen LogP contribution in [0.2, 0.25) is 0 Å². The van der Waals surface area contributed by atoms with Crippen LogP contribution in [0.4, 0.5) is 5.13 Å². The van der Waals surface area contributed by atoms with E-state index in [4.69, 9.17) is 10.6 Å². The molecule has 0 bridgehead atoms. The lowest BCUT2D eigenvalue weighted by Crippen LogP contribution is -2.73. The molecule has 5 rings (SSSR count). The van der Waals surface area contributed by atoms with Crippen LogP contribution < -0.4 is 20.8 Å². The number of aromatic nitrogens is 3. The first-order chi connectivity index (χ1) is 17.7. The van der Waals surface area contributed by atoms with E-state index >= 15 is 0 Å². The van der Waals surface area contributed by atoms with E-state index < -0.39 is 29.2 Å². The largest absolute Gasteiger partial charge is 0.543 e. The van der Waals surface area contributed by atoms with E-state index in [1.54, 1.807) is 10.1 Å². The van der Waals surface area contributed by atoms with Crippen molar-refractivity contribution < 1.29 is 29.0 Å². The van der Waals surface area contributed by atoms with E-state index in [2.05, 4.69) is 22.0 Å². The van der Waals surface area contributed by atoms with Gasteiger partial charge >= 0.3 is 0 Å². The lowest BCUT2D eigenvalue weighted by molar-refractivity contribution is -0.672. The monoisotopic (exact) mass is 543 g/mol. The number of carboxylic acid groups (broad SMARTS) is 1. The summed E-state index contributed by atoms with van der Waals surface area (Å²) in [5.74, 6) is -2.70. The third-order valence-corrected chi connectivity index (χ3v) is 8.60. The molecule has 14 heteroatoms. The van der Waals surface area contributed by atoms with Gasteiger partial charge in [0.05, 0.1) is 24.0 Å². The second-order valence-corrected chi connectivity index (χ2v) is 11.1. The predicted octanol–water partition coefficient (Wildman–Crippen LogP) is -0.846. The van der Waals surface area contributed by atoms with Crippen molar-refractivity contribution in [2.75, 3.05) is 12.3 Å². The summed E-state index contributed by atoms with van der Waals surface area (Å²) in [6.07, 6.45) is 6.30. The molecule has 1 saturated heterocycles. The van der Waals surface area contributed by atoms with Crippen LogP contribution in [0.15, 0.2) is 35.1 Å². The highest BCUT2D eigenvalue weighted by molar-refractivity contribution is 8.01. The molecule has 4 heterocycles. The van der Waals surface area contributed by atoms with E-state index in [1.807, 2.05) is 24.9 Å². The molecule has 2 unspecified atom stereocenters. The van der Waals surface area contributed by atoms with E-state index in [0.29, 0.717) is 5.70 Å². The lowest BCUT2D eigenvalue weighted by Gasteiger charge is -2.50. The number of nitrogens with zero attached hydrogens (tertiary/aromatic N) is 5. The standard InChI is InChI=1S/C23H25N7O5S2/c1-4-8-35-27-15(13-10-36-23(24)25-13)19(31)26-16-20(32)30-18(22(33)34)17(11(2)37-21(16)30)29-9-12-6-5-7-14(12)28(29)3/h4,9-11,16,21H,1,5-8H2,2-3H3,(H3-,24,25,26,31,33,34)/t11?,16?,21-/m1/s1. The number of aryl methyl sites for hydroxylation is 1. The molecule has 0 spiro atoms. The molecular formula is C23H25N7O5S2. The number of nitrogens with one attached hydrogen (secondary N) is 1. The van der Waals surface area contributed by atoms with Gasteiger partial charge in [-0.1, -0.05) is 22.5 Å². The number of carbonyl (C=O) groups is 3. The molecule has 194 valence electrons. The Morgan fingerprint density at radius 2 is 2.24 bits per heavy atom. The number of thioether (sulfide) groups is 1. The first-order valence-corrected chi connectivity index (χ1v) is 13.4. The third kappa shape index (κ3) is 4.19. The summed E-state index contributed by atoms with van der Waals surface area (Å²) in [6, 6.07) is -0.972. The van der Waals surface area contributed by atoms with Gasteiger partial charge in [0.1, 0.15) is 29.4 Å². The summed E-state index contributed by atoms with van der Waals surface area (Å²) >= 11 is 2.51. The maximum Gasteiger partial charge on any atom is 0.276 e. The molecule has 2 aliphatic heterocycles. The van der Waals surface area contributed by atoms with Crippen molar-refractivity contribution in [2.24, 2.45) is 12.2 Å². The van der Waals surface area contributed by atoms with E-state index in [-0.39, 0.29) is 34.1 Å². The van der Waals surface area contributed by atoms with Crippen molar-refractivity contribution in [3.05, 3.63) is 46.9 Å². The minimum absolute atomic E-state index is 0.0608. The molecule has 3 N–H and O–H groups in total. The number of rotatable bonds is 8. The van der Waals surface area contributed by atoms with Gasteiger partial charge in [-0.05, 0) is 26.2 Å². The number of thiazole rings is 1. The zero-order chi connectivity index (χ0) is 26.4. The number of nitrogen functional groups attached to an aromatic ring is 1. The fourth-order valence-electron chi connectivity index (χ4n) is 4.88. The van der Waals surface area contributed by atoms with Crippen LogP contribution in [0.3, 0.4) is 0 Å². The number of carbonyl (C=O) groups excluding carboxylic acids is 3. The molecule has 12 nitrogen and oxygen atoms in total. The SMILES string of the molecule is C=CCON=C(C(=O)NC1C(=O)N2C(C(=O)[O-])=C([n+]3cc4c(n3C)CCC4)C(C)S[C@H]12)c1csc(N)n1. The number of hydrogen-bond donors (Lipinski definition) is 2. The van der Waals surface area contributed by atoms with Crippen molar-refractivity contribution in [3.63, 3.8) is 0 Å². The average Bonchev–Trinajstić information content (AvgIpc) is 3.57. The van der Waals surface area contributed by atoms with Crippen LogP contribution in [-0.2, 0) is 39.1 Å². The molecule has 2 amide bonds. The number of oxime groups is 1. The first-order valence-electron chi connectivity index (χ1n) is 11.6. The molecule has 3 atom stereocenters. The summed E-state index contributed by atoms with van der Waals surface area (Å²) in [4.78, 5) is 49.0. The Morgan fingerprint density at radius 1 is 1.46 bits per heavy atom. The van der Waals surface area contributed by atoms with E-state index in [0.717, 1.165) is 36.3 Å². The van der Waals surface area contributed by atoms with Crippen LogP contribution in [0.25, 0.3) is 5.70 Å². The van der Waals surface area contributed by atoms with Crippen LogP contribution in [0, 0.1) is 0 Å². The van der Waals surface area contributed by atoms with Crippen LogP contribution in [0.1, 0.15) is 30.3 Å². The summed E-state index contributed by atoms with van der Waals surface area (Å²) < 4.78 is 3.74. The first kappa shape index (κ1) is 25.0. The highest BCUT2D eigenvalue weighted by Crippen LogP contribution is 2.44. The summed E-state index contributed by atoms with van der Waals surface area (Å²) in [5, 5.41) is 19.7. The Morgan fingerprint density at radius 3 is 2.89 bits per heavy atom. The number of β-lactam (4-membered cyclic amide) rings is 1. The number of fused-ring (bicyclic) bond motifs is 2. The molecule has 0 radical (unpaired) electrons. The predicted molar refractivity (Wildman–Crippen MR) is 135 cm³/mol. The Bertz CT molecular complexity index is 1380. The Hall–Kier alpha value is -3.65. The quantitative estimate of drug-likeness (QED) is 0.109. The highest BCUT2D eigenvalue weighted by Gasteiger charge is 2.57. The molecule has 3 aliphatic rings. The molecule has 1 aliphatic carbocycles. The van der Waals surface area contributed by atoms with Crippen molar-refractivity contribution in [3.8, 4) is 0 Å². The number of nitrogens with two attached hydrogens (primary N) is 1. The van der Waals surface area contributed by atoms with Gasteiger partial charge in [0.2, 0.25) is 11.9 Å². The van der Waals surface area contributed by atoms with Crippen LogP contribution >= 0.6 is 23.1 Å². The van der Waals surface area contributed by atoms with Crippen LogP contribution in [0.5, 0.6) is 0 Å². The number of anilines is 1. The van der Waals surface area contributed by atoms with Crippen molar-refractivity contribution in [1.29, 1.82) is 0 Å². The van der Waals surface area contributed by atoms with E-state index in [1.165, 1.54) is 28.3 Å². The Balaban J connectivity index is 1.43. The van der Waals surface area contributed by atoms with Crippen LogP contribution in [-0.4, -0.2) is 61.3 Å². The molecule has 0 aromatic carbocycles. The number of amides is 2. The van der Waals surface area contributed by atoms with Crippen molar-refractivity contribution >= 4 is 57.4 Å². The average molecular weight is 544 g/mol. The minimum atomic E-state index is -1.45. The van der Waals surface area contributed by atoms with Gasteiger partial charge in [-0.2, -0.15) is 4.68 Å². The van der Waals surface area contributed by atoms with Gasteiger partial charge in [-0.15, -0.1) is 23.1 Å². The lowest BCUT2D eigenvalue weighted by atomic mass is 10.0. The van der Waals surface area contributed by atoms with Gasteiger partial charge < -0.3 is 25.8 Å². The highest BCUT2D eigenvalue weighted by atomic mass is 32.2. The van der Waals surface area contributed by atoms with Gasteiger partial charge in [0.25, 0.3) is 11.8 Å². The zero-order valence-electron chi connectivity index (χ0n) is 20.2. The Kier molecular flexibility index (Phi) is 6.54.